The third-order valence-electron chi connectivity index (χ3n) is 24.0. The number of urea groups is 1. The van der Waals surface area contributed by atoms with E-state index in [1.807, 2.05) is 60.5 Å². The summed E-state index contributed by atoms with van der Waals surface area (Å²) in [6.45, 7) is 17.7. The minimum Gasteiger partial charge on any atom is -0.464 e. The monoisotopic (exact) mass is 2020 g/mol. The van der Waals surface area contributed by atoms with Crippen LogP contribution in [0.4, 0.5) is 10.5 Å². The van der Waals surface area contributed by atoms with Crippen molar-refractivity contribution in [2.24, 2.45) is 41.2 Å². The van der Waals surface area contributed by atoms with E-state index in [4.69, 9.17) is 57.7 Å². The van der Waals surface area contributed by atoms with Crippen molar-refractivity contribution < 1.29 is 148 Å². The maximum absolute atomic E-state index is 14.7. The number of nitrogens with one attached hydrogen (secondary N) is 11. The number of rotatable bonds is 65. The van der Waals surface area contributed by atoms with E-state index in [-0.39, 0.29) is 152 Å². The van der Waals surface area contributed by atoms with Crippen LogP contribution in [-0.4, -0.2) is 347 Å². The number of hydrogen-bond donors (Lipinski definition) is 16. The van der Waals surface area contributed by atoms with Crippen LogP contribution in [0.5, 0.6) is 0 Å². The first-order valence-corrected chi connectivity index (χ1v) is 50.4. The van der Waals surface area contributed by atoms with E-state index in [0.29, 0.717) is 36.9 Å². The average Bonchev–Trinajstić information content (AvgIpc) is 1.78. The maximum atomic E-state index is 14.7. The van der Waals surface area contributed by atoms with Gasteiger partial charge in [-0.05, 0) is 93.6 Å². The average molecular weight is 2020 g/mol. The molecule has 3 saturated heterocycles. The Morgan fingerprint density at radius 2 is 1.23 bits per heavy atom. The molecule has 3 heterocycles. The lowest BCUT2D eigenvalue weighted by atomic mass is 9.89. The van der Waals surface area contributed by atoms with Gasteiger partial charge in [-0.3, -0.25) is 90.5 Å². The molecule has 2 aromatic carbocycles. The predicted octanol–water partition coefficient (Wildman–Crippen LogP) is 0.0301. The number of likely N-dealkylation sites (N-methyl/N-ethyl adjacent to an activating group) is 2. The van der Waals surface area contributed by atoms with Gasteiger partial charge in [0.05, 0.1) is 134 Å². The molecular formula is C91H148N16O31P2. The highest BCUT2D eigenvalue weighted by molar-refractivity contribution is 7.51. The number of amides is 16. The lowest BCUT2D eigenvalue weighted by Crippen LogP contribution is -2.60. The number of methoxy groups -OCH3 is 2. The fraction of sp³-hybridized carbons (Fsp3) is 0.692. The van der Waals surface area contributed by atoms with Crippen molar-refractivity contribution in [3.63, 3.8) is 0 Å². The number of imide groups is 1. The van der Waals surface area contributed by atoms with E-state index in [1.54, 1.807) is 74.9 Å². The zero-order valence-corrected chi connectivity index (χ0v) is 84.7. The summed E-state index contributed by atoms with van der Waals surface area (Å²) >= 11 is 0. The third kappa shape index (κ3) is 40.0. The molecule has 0 spiro atoms. The summed E-state index contributed by atoms with van der Waals surface area (Å²) in [5.74, 6) is -13.5. The van der Waals surface area contributed by atoms with Crippen molar-refractivity contribution in [2.45, 2.75) is 238 Å². The standard InChI is InChI=1S/C91H148N16O31P2/c1-17-56(8)78(105(14)89(122)76(54(4)5)103-87(120)77(55(6)7)104(12)13)69(130-15)49-73(112)106-36-22-26-67(106)79(131-16)58(10)81(114)96-59(11)80(61-23-19-18-20-24-61)138-140(128,129)137-52-60-27-29-62(30-28-60)97-82(115)63(25-21-34-94-91(92)124)100-86(119)75(53(2)3)102-84(117)66(51-108)101-83(116)65(48-72(111)98-64-31-38-136-90(64)123)99-71(110)32-37-132-40-42-134-44-45-135-43-41-133-39-35-93-85(118)68(107-74(113)47-57(9)88(107)121)50-95-70(109)33-46-139(125,126)127/h18-20,23-24,27-30,53-59,63-69,75-80,108H,17,21-22,25-26,31-52H2,1-16H3,(H,93,118)(H,95,109)(H,96,114)(H,97,115)(H,98,111)(H,99,110)(H,100,119)(H,101,116)(H,102,117)(H,103,120)(H,128,129)(H3,92,94,124)(H2,125,126,127)/t56-,57?,58+,59+,63-,64-,65-,66-,67-,68-,69+,75-,76-,77-,78-,79+,80+/m0/s1. The SMILES string of the molecule is CC[C@H](C)[C@@H]([C@@H](CC(=O)N1CCC[C@H]1[C@H](OC)[C@@H](C)C(=O)N[C@H](C)[C@@H](OP(=O)(O)OCc1ccc(NC(=O)[C@H](CCCNC(N)=O)NC(=O)[C@@H](NC(=O)[C@H](CO)NC(=O)[C@H](CC(=O)N[C@H]2CCOC2=O)NC(=O)CCOCCOCCOCCOCCNC(=O)[C@H](CNC(=O)CCP(=O)(O)O)N2C(=O)CC(C)C2=O)C(C)C)cc1)c1ccccc1)OC)N(C)C(=O)[C@@H](NC(=O)[C@H](C(C)C)N(C)C)C(C)C. The number of phosphoric ester groups is 1. The molecule has 2 aromatic rings. The zero-order chi connectivity index (χ0) is 104. The molecule has 0 aromatic heterocycles. The van der Waals surface area contributed by atoms with Gasteiger partial charge in [-0.2, -0.15) is 0 Å². The van der Waals surface area contributed by atoms with Crippen molar-refractivity contribution >= 4 is 116 Å². The van der Waals surface area contributed by atoms with Crippen molar-refractivity contribution in [3.05, 3.63) is 65.7 Å². The van der Waals surface area contributed by atoms with Crippen LogP contribution < -0.4 is 64.2 Å². The molecule has 47 nitrogen and oxygen atoms in total. The number of carbonyl (C=O) groups excluding carboxylic acids is 16. The molecule has 49 heteroatoms. The fourth-order valence-corrected chi connectivity index (χ4v) is 17.7. The van der Waals surface area contributed by atoms with Crippen molar-refractivity contribution in [3.8, 4) is 0 Å². The first kappa shape index (κ1) is 120. The van der Waals surface area contributed by atoms with Crippen LogP contribution in [-0.2, 0) is 130 Å². The number of benzene rings is 2. The van der Waals surface area contributed by atoms with Crippen LogP contribution in [0, 0.1) is 35.5 Å². The first-order chi connectivity index (χ1) is 66.1. The van der Waals surface area contributed by atoms with Crippen molar-refractivity contribution in [2.75, 3.05) is 139 Å². The first-order valence-electron chi connectivity index (χ1n) is 47.1. The molecule has 140 heavy (non-hydrogen) atoms. The quantitative estimate of drug-likeness (QED) is 0.0180. The smallest absolute Gasteiger partial charge is 0.464 e. The van der Waals surface area contributed by atoms with E-state index in [0.717, 1.165) is 4.90 Å². The number of phosphoric acid groups is 1. The number of aliphatic hydroxyl groups is 1. The van der Waals surface area contributed by atoms with Crippen LogP contribution in [0.25, 0.3) is 0 Å². The van der Waals surface area contributed by atoms with E-state index >= 15 is 0 Å². The van der Waals surface area contributed by atoms with Crippen LogP contribution in [0.15, 0.2) is 54.6 Å². The number of cyclic esters (lactones) is 1. The van der Waals surface area contributed by atoms with Crippen molar-refractivity contribution in [1.82, 2.24) is 72.8 Å². The molecule has 3 aliphatic rings. The number of primary amides is 1. The highest BCUT2D eigenvalue weighted by Gasteiger charge is 2.47. The van der Waals surface area contributed by atoms with Gasteiger partial charge in [0, 0.05) is 84.7 Å². The number of likely N-dealkylation sites (tertiary alicyclic amines) is 2. The van der Waals surface area contributed by atoms with Gasteiger partial charge in [0.2, 0.25) is 82.7 Å². The van der Waals surface area contributed by atoms with E-state index < -0.39 is 234 Å². The van der Waals surface area contributed by atoms with Crippen LogP contribution >= 0.6 is 15.4 Å². The Hall–Kier alpha value is -10.1. The molecule has 0 bridgehead atoms. The molecule has 5 rings (SSSR count). The summed E-state index contributed by atoms with van der Waals surface area (Å²) in [5, 5.41) is 38.7. The summed E-state index contributed by atoms with van der Waals surface area (Å²) in [5.41, 5.74) is 6.16. The molecule has 2 unspecified atom stereocenters. The highest BCUT2D eigenvalue weighted by Crippen LogP contribution is 2.50. The Labute approximate surface area is 817 Å². The zero-order valence-electron chi connectivity index (χ0n) is 82.9. The van der Waals surface area contributed by atoms with Crippen molar-refractivity contribution in [1.29, 1.82) is 0 Å². The van der Waals surface area contributed by atoms with Crippen LogP contribution in [0.3, 0.4) is 0 Å². The van der Waals surface area contributed by atoms with Gasteiger partial charge in [-0.1, -0.05) is 118 Å². The van der Waals surface area contributed by atoms with Gasteiger partial charge in [-0.25, -0.2) is 14.2 Å². The second-order valence-electron chi connectivity index (χ2n) is 36.2. The molecule has 17 N–H and O–H groups in total. The van der Waals surface area contributed by atoms with Gasteiger partial charge in [0.15, 0.2) is 0 Å². The van der Waals surface area contributed by atoms with Gasteiger partial charge < -0.3 is 127 Å². The Bertz CT molecular complexity index is 4490. The van der Waals surface area contributed by atoms with Gasteiger partial charge in [-0.15, -0.1) is 0 Å². The molecule has 3 aliphatic heterocycles. The second kappa shape index (κ2) is 60.4. The number of anilines is 1. The molecule has 0 aliphatic carbocycles. The lowest BCUT2D eigenvalue weighted by molar-refractivity contribution is -0.148. The molecule has 0 saturated carbocycles. The lowest BCUT2D eigenvalue weighted by Gasteiger charge is -2.41. The molecule has 0 radical (unpaired) electrons. The number of nitrogens with zero attached hydrogens (tertiary/aromatic N) is 4. The predicted molar refractivity (Wildman–Crippen MR) is 506 cm³/mol. The number of carbonyl (C=O) groups is 16. The summed E-state index contributed by atoms with van der Waals surface area (Å²) in [4.78, 5) is 251. The van der Waals surface area contributed by atoms with E-state index in [9.17, 15) is 95.8 Å². The fourth-order valence-electron chi connectivity index (χ4n) is 16.3. The second-order valence-corrected chi connectivity index (χ2v) is 39.3. The third-order valence-corrected chi connectivity index (χ3v) is 25.8. The highest BCUT2D eigenvalue weighted by atomic mass is 31.2. The van der Waals surface area contributed by atoms with E-state index in [1.165, 1.54) is 45.4 Å². The molecular weight excluding hydrogens is 1880 g/mol. The normalized spacial score (nSPS) is 18.5. The number of ether oxygens (including phenoxy) is 7. The Morgan fingerprint density at radius 1 is 0.621 bits per heavy atom. The summed E-state index contributed by atoms with van der Waals surface area (Å²) in [7, 11) is -1.29. The number of hydrogen-bond acceptors (Lipinski definition) is 29. The summed E-state index contributed by atoms with van der Waals surface area (Å²) in [6.07, 6.45) is -3.87. The van der Waals surface area contributed by atoms with Gasteiger partial charge in [0.25, 0.3) is 0 Å². The molecule has 788 valence electrons. The van der Waals surface area contributed by atoms with Crippen LogP contribution in [0.2, 0.25) is 0 Å². The van der Waals surface area contributed by atoms with E-state index in [2.05, 4.69) is 58.5 Å². The minimum absolute atomic E-state index is 0.00227. The molecule has 3 fully saturated rings. The number of esters is 1. The summed E-state index contributed by atoms with van der Waals surface area (Å²) in [6, 6.07) is 0.786. The number of aliphatic hydroxyl groups excluding tert-OH is 1. The Balaban J connectivity index is 1.14. The topological polar surface area (TPSA) is 643 Å². The Kier molecular flexibility index (Phi) is 51.9. The van der Waals surface area contributed by atoms with Crippen LogP contribution in [0.1, 0.15) is 164 Å². The van der Waals surface area contributed by atoms with Gasteiger partial charge >= 0.3 is 27.4 Å². The largest absolute Gasteiger partial charge is 0.473 e. The minimum atomic E-state index is -5.03. The van der Waals surface area contributed by atoms with Gasteiger partial charge in [0.1, 0.15) is 48.4 Å². The maximum Gasteiger partial charge on any atom is 0.473 e. The Morgan fingerprint density at radius 3 is 1.78 bits per heavy atom. The molecule has 16 amide bonds. The molecule has 18 atom stereocenters. The number of nitrogens with two attached hydrogens (primary N) is 1. The summed E-state index contributed by atoms with van der Waals surface area (Å²) < 4.78 is 75.8.